The number of hydrogen-bond acceptors (Lipinski definition) is 5. The Hall–Kier alpha value is -2.40. The van der Waals surface area contributed by atoms with Crippen molar-refractivity contribution in [1.29, 1.82) is 0 Å². The fourth-order valence-corrected chi connectivity index (χ4v) is 2.36. The zero-order chi connectivity index (χ0) is 17.0. The zero-order valence-corrected chi connectivity index (χ0v) is 13.6. The maximum atomic E-state index is 11.9. The van der Waals surface area contributed by atoms with E-state index in [1.54, 1.807) is 13.0 Å². The summed E-state index contributed by atoms with van der Waals surface area (Å²) in [5.41, 5.74) is 1.07. The summed E-state index contributed by atoms with van der Waals surface area (Å²) in [7, 11) is 0. The van der Waals surface area contributed by atoms with E-state index in [0.29, 0.717) is 11.1 Å². The smallest absolute Gasteiger partial charge is 0.337 e. The maximum absolute atomic E-state index is 11.9. The number of fused-ring (bicyclic) bond motifs is 1. The lowest BCUT2D eigenvalue weighted by molar-refractivity contribution is -0.147. The largest absolute Gasteiger partial charge is 0.463 e. The number of nitrogens with zero attached hydrogens (tertiary/aromatic N) is 1. The van der Waals surface area contributed by atoms with Gasteiger partial charge in [0.2, 0.25) is 0 Å². The van der Waals surface area contributed by atoms with E-state index in [1.807, 2.05) is 24.3 Å². The van der Waals surface area contributed by atoms with E-state index in [9.17, 15) is 9.59 Å². The first-order valence-corrected chi connectivity index (χ1v) is 7.40. The molecule has 0 aliphatic carbocycles. The Balaban J connectivity index is 2.50. The van der Waals surface area contributed by atoms with Crippen molar-refractivity contribution in [2.24, 2.45) is 0 Å². The summed E-state index contributed by atoms with van der Waals surface area (Å²) in [5.74, 6) is -1.22. The van der Waals surface area contributed by atoms with Gasteiger partial charge in [-0.05, 0) is 19.1 Å². The van der Waals surface area contributed by atoms with Gasteiger partial charge in [-0.3, -0.25) is 4.79 Å². The van der Waals surface area contributed by atoms with Gasteiger partial charge in [-0.15, -0.1) is 0 Å². The SMILES string of the molecule is C=C(C(=O)OCC)C(OC(C)=O)c1cc2ccccc2nc1Cl. The van der Waals surface area contributed by atoms with E-state index < -0.39 is 18.0 Å². The number of halogens is 1. The van der Waals surface area contributed by atoms with Gasteiger partial charge in [0.25, 0.3) is 0 Å². The van der Waals surface area contributed by atoms with Crippen molar-refractivity contribution >= 4 is 34.4 Å². The van der Waals surface area contributed by atoms with Gasteiger partial charge in [-0.2, -0.15) is 0 Å². The van der Waals surface area contributed by atoms with Gasteiger partial charge >= 0.3 is 11.9 Å². The van der Waals surface area contributed by atoms with Crippen molar-refractivity contribution in [3.63, 3.8) is 0 Å². The molecule has 0 aliphatic heterocycles. The highest BCUT2D eigenvalue weighted by atomic mass is 35.5. The molecule has 0 saturated heterocycles. The van der Waals surface area contributed by atoms with Gasteiger partial charge in [0.15, 0.2) is 6.10 Å². The topological polar surface area (TPSA) is 65.5 Å². The summed E-state index contributed by atoms with van der Waals surface area (Å²) in [5, 5.41) is 0.945. The van der Waals surface area contributed by atoms with Crippen LogP contribution in [-0.4, -0.2) is 23.5 Å². The molecule has 1 aromatic carbocycles. The van der Waals surface area contributed by atoms with Crippen LogP contribution in [0.2, 0.25) is 5.15 Å². The zero-order valence-electron chi connectivity index (χ0n) is 12.8. The molecule has 0 spiro atoms. The second-order valence-corrected chi connectivity index (χ2v) is 5.15. The van der Waals surface area contributed by atoms with Gasteiger partial charge in [0.05, 0.1) is 17.7 Å². The van der Waals surface area contributed by atoms with Crippen LogP contribution in [0, 0.1) is 0 Å². The Kier molecular flexibility index (Phi) is 5.34. The van der Waals surface area contributed by atoms with E-state index >= 15 is 0 Å². The molecule has 0 saturated carbocycles. The molecule has 0 bridgehead atoms. The van der Waals surface area contributed by atoms with Crippen molar-refractivity contribution in [1.82, 2.24) is 4.98 Å². The number of pyridine rings is 1. The fraction of sp³-hybridized carbons (Fsp3) is 0.235. The van der Waals surface area contributed by atoms with Crippen LogP contribution in [0.25, 0.3) is 10.9 Å². The van der Waals surface area contributed by atoms with Crippen molar-refractivity contribution in [2.45, 2.75) is 20.0 Å². The first-order valence-electron chi connectivity index (χ1n) is 7.02. The summed E-state index contributed by atoms with van der Waals surface area (Å²) < 4.78 is 10.2. The van der Waals surface area contributed by atoms with E-state index in [1.165, 1.54) is 6.92 Å². The number of carbonyl (C=O) groups excluding carboxylic acids is 2. The third kappa shape index (κ3) is 3.87. The first kappa shape index (κ1) is 17.0. The molecule has 23 heavy (non-hydrogen) atoms. The summed E-state index contributed by atoms with van der Waals surface area (Å²) in [4.78, 5) is 27.6. The normalized spacial score (nSPS) is 11.8. The predicted octanol–water partition coefficient (Wildman–Crippen LogP) is 3.61. The van der Waals surface area contributed by atoms with Crippen molar-refractivity contribution in [3.8, 4) is 0 Å². The molecule has 0 aliphatic rings. The first-order chi connectivity index (χ1) is 10.9. The summed E-state index contributed by atoms with van der Waals surface area (Å²) in [6.07, 6.45) is -1.05. The number of aromatic nitrogens is 1. The van der Waals surface area contributed by atoms with Gasteiger partial charge < -0.3 is 9.47 Å². The lowest BCUT2D eigenvalue weighted by atomic mass is 10.0. The van der Waals surface area contributed by atoms with Crippen LogP contribution in [0.3, 0.4) is 0 Å². The number of hydrogen-bond donors (Lipinski definition) is 0. The quantitative estimate of drug-likeness (QED) is 0.475. The molecule has 6 heteroatoms. The van der Waals surface area contributed by atoms with Crippen molar-refractivity contribution < 1.29 is 19.1 Å². The Labute approximate surface area is 138 Å². The van der Waals surface area contributed by atoms with Gasteiger partial charge in [-0.1, -0.05) is 36.4 Å². The number of carbonyl (C=O) groups is 2. The monoisotopic (exact) mass is 333 g/mol. The molecule has 1 atom stereocenters. The van der Waals surface area contributed by atoms with Gasteiger partial charge in [0, 0.05) is 17.9 Å². The predicted molar refractivity (Wildman–Crippen MR) is 87.0 cm³/mol. The van der Waals surface area contributed by atoms with Crippen molar-refractivity contribution in [2.75, 3.05) is 6.61 Å². The molecule has 2 rings (SSSR count). The number of ether oxygens (including phenoxy) is 2. The molecular weight excluding hydrogens is 318 g/mol. The average Bonchev–Trinajstić information content (AvgIpc) is 2.51. The van der Waals surface area contributed by atoms with Crippen LogP contribution in [0.5, 0.6) is 0 Å². The second-order valence-electron chi connectivity index (χ2n) is 4.80. The molecule has 0 fully saturated rings. The number of esters is 2. The molecule has 0 amide bonds. The average molecular weight is 334 g/mol. The molecule has 1 heterocycles. The van der Waals surface area contributed by atoms with Gasteiger partial charge in [-0.25, -0.2) is 9.78 Å². The fourth-order valence-electron chi connectivity index (χ4n) is 2.11. The highest BCUT2D eigenvalue weighted by molar-refractivity contribution is 6.30. The van der Waals surface area contributed by atoms with Crippen LogP contribution < -0.4 is 0 Å². The van der Waals surface area contributed by atoms with E-state index in [-0.39, 0.29) is 17.3 Å². The number of benzene rings is 1. The summed E-state index contributed by atoms with van der Waals surface area (Å²) in [6, 6.07) is 9.07. The molecule has 5 nitrogen and oxygen atoms in total. The highest BCUT2D eigenvalue weighted by Gasteiger charge is 2.27. The van der Waals surface area contributed by atoms with Crippen molar-refractivity contribution in [3.05, 3.63) is 53.2 Å². The Bertz CT molecular complexity index is 772. The van der Waals surface area contributed by atoms with Crippen LogP contribution >= 0.6 is 11.6 Å². The van der Waals surface area contributed by atoms with E-state index in [0.717, 1.165) is 5.39 Å². The minimum absolute atomic E-state index is 0.0129. The lowest BCUT2D eigenvalue weighted by Crippen LogP contribution is -2.19. The summed E-state index contributed by atoms with van der Waals surface area (Å²) in [6.45, 7) is 6.80. The molecule has 1 unspecified atom stereocenters. The standard InChI is InChI=1S/C17H16ClNO4/c1-4-22-17(21)10(2)15(23-11(3)20)13-9-12-7-5-6-8-14(12)19-16(13)18/h5-9,15H,2,4H2,1,3H3. The van der Waals surface area contributed by atoms with E-state index in [2.05, 4.69) is 11.6 Å². The third-order valence-electron chi connectivity index (χ3n) is 3.12. The Morgan fingerprint density at radius 1 is 1.35 bits per heavy atom. The van der Waals surface area contributed by atoms with E-state index in [4.69, 9.17) is 21.1 Å². The van der Waals surface area contributed by atoms with Gasteiger partial charge in [0.1, 0.15) is 5.15 Å². The summed E-state index contributed by atoms with van der Waals surface area (Å²) >= 11 is 6.21. The minimum Gasteiger partial charge on any atom is -0.463 e. The van der Waals surface area contributed by atoms with Crippen LogP contribution in [0.1, 0.15) is 25.5 Å². The second kappa shape index (κ2) is 7.24. The van der Waals surface area contributed by atoms with Crippen LogP contribution in [-0.2, 0) is 19.1 Å². The third-order valence-corrected chi connectivity index (χ3v) is 3.43. The molecule has 1 aromatic heterocycles. The molecule has 0 N–H and O–H groups in total. The molecule has 120 valence electrons. The highest BCUT2D eigenvalue weighted by Crippen LogP contribution is 2.32. The Morgan fingerprint density at radius 3 is 2.70 bits per heavy atom. The maximum Gasteiger partial charge on any atom is 0.337 e. The number of para-hydroxylation sites is 1. The lowest BCUT2D eigenvalue weighted by Gasteiger charge is -2.20. The van der Waals surface area contributed by atoms with Crippen LogP contribution in [0.15, 0.2) is 42.5 Å². The van der Waals surface area contributed by atoms with Crippen LogP contribution in [0.4, 0.5) is 0 Å². The molecular formula is C17H16ClNO4. The minimum atomic E-state index is -1.05. The number of rotatable bonds is 5. The molecule has 0 radical (unpaired) electrons. The molecule has 2 aromatic rings. The Morgan fingerprint density at radius 2 is 2.04 bits per heavy atom.